The Labute approximate surface area is 134 Å². The van der Waals surface area contributed by atoms with Crippen molar-refractivity contribution in [3.63, 3.8) is 0 Å². The number of aliphatic hydroxyl groups is 1. The number of carbonyl (C=O) groups is 1. The molecule has 0 bridgehead atoms. The first-order chi connectivity index (χ1) is 10.4. The Balaban J connectivity index is 1.72. The average molecular weight is 302 g/mol. The zero-order valence-corrected chi connectivity index (χ0v) is 14.3. The summed E-state index contributed by atoms with van der Waals surface area (Å²) >= 11 is 0. The number of aliphatic hydroxyl groups excluding tert-OH is 1. The van der Waals surface area contributed by atoms with Crippen LogP contribution in [0.1, 0.15) is 65.7 Å². The van der Waals surface area contributed by atoms with Gasteiger partial charge in [-0.3, -0.25) is 4.79 Å². The first kappa shape index (κ1) is 14.9. The number of rotatable bonds is 0. The fourth-order valence-corrected chi connectivity index (χ4v) is 6.68. The van der Waals surface area contributed by atoms with E-state index in [0.29, 0.717) is 29.5 Å². The number of Topliss-reactive ketones (excluding diaryl/α,β-unsaturated/α-hetero) is 1. The summed E-state index contributed by atoms with van der Waals surface area (Å²) < 4.78 is 0. The van der Waals surface area contributed by atoms with Crippen LogP contribution >= 0.6 is 0 Å². The van der Waals surface area contributed by atoms with Gasteiger partial charge in [0.1, 0.15) is 5.78 Å². The summed E-state index contributed by atoms with van der Waals surface area (Å²) in [7, 11) is 0. The van der Waals surface area contributed by atoms with Crippen LogP contribution in [-0.4, -0.2) is 17.0 Å². The first-order valence-corrected chi connectivity index (χ1v) is 9.27. The van der Waals surface area contributed by atoms with Crippen molar-refractivity contribution in [3.8, 4) is 0 Å². The van der Waals surface area contributed by atoms with Gasteiger partial charge in [0.2, 0.25) is 0 Å². The normalized spacial score (nSPS) is 54.3. The minimum atomic E-state index is -0.397. The molecule has 1 N–H and O–H groups in total. The minimum Gasteiger partial charge on any atom is -0.392 e. The van der Waals surface area contributed by atoms with Gasteiger partial charge in [-0.05, 0) is 61.7 Å². The van der Waals surface area contributed by atoms with Gasteiger partial charge in [0, 0.05) is 17.8 Å². The molecule has 0 saturated heterocycles. The highest BCUT2D eigenvalue weighted by molar-refractivity contribution is 5.88. The van der Waals surface area contributed by atoms with Gasteiger partial charge in [-0.15, -0.1) is 0 Å². The van der Waals surface area contributed by atoms with Crippen LogP contribution in [0, 0.1) is 34.5 Å². The molecule has 22 heavy (non-hydrogen) atoms. The van der Waals surface area contributed by atoms with Crippen molar-refractivity contribution in [2.75, 3.05) is 0 Å². The Morgan fingerprint density at radius 1 is 1.14 bits per heavy atom. The quantitative estimate of drug-likeness (QED) is 0.683. The van der Waals surface area contributed by atoms with E-state index in [-0.39, 0.29) is 11.3 Å². The molecule has 2 heteroatoms. The van der Waals surface area contributed by atoms with Crippen molar-refractivity contribution in [2.24, 2.45) is 34.5 Å². The molecule has 0 aromatic carbocycles. The summed E-state index contributed by atoms with van der Waals surface area (Å²) in [5.41, 5.74) is 1.78. The summed E-state index contributed by atoms with van der Waals surface area (Å²) in [5.74, 6) is 2.54. The van der Waals surface area contributed by atoms with Crippen LogP contribution in [-0.2, 0) is 4.79 Å². The monoisotopic (exact) mass is 302 g/mol. The summed E-state index contributed by atoms with van der Waals surface area (Å²) in [6.07, 6.45) is 9.66. The highest BCUT2D eigenvalue weighted by Gasteiger charge is 2.61. The van der Waals surface area contributed by atoms with E-state index in [1.54, 1.807) is 5.57 Å². The Bertz CT molecular complexity index is 536. The summed E-state index contributed by atoms with van der Waals surface area (Å²) in [4.78, 5) is 12.4. The van der Waals surface area contributed by atoms with Crippen LogP contribution in [0.15, 0.2) is 11.6 Å². The van der Waals surface area contributed by atoms with E-state index in [1.165, 1.54) is 25.7 Å². The molecule has 4 rings (SSSR count). The lowest BCUT2D eigenvalue weighted by Crippen LogP contribution is -2.51. The second-order valence-electron chi connectivity index (χ2n) is 9.18. The van der Waals surface area contributed by atoms with E-state index in [0.717, 1.165) is 18.8 Å². The molecule has 0 heterocycles. The average Bonchev–Trinajstić information content (AvgIpc) is 2.70. The highest BCUT2D eigenvalue weighted by Crippen LogP contribution is 2.64. The molecule has 3 fully saturated rings. The van der Waals surface area contributed by atoms with Crippen molar-refractivity contribution >= 4 is 5.78 Å². The molecule has 0 amide bonds. The van der Waals surface area contributed by atoms with Crippen molar-refractivity contribution in [1.82, 2.24) is 0 Å². The van der Waals surface area contributed by atoms with Crippen molar-refractivity contribution in [1.29, 1.82) is 0 Å². The van der Waals surface area contributed by atoms with Crippen LogP contribution in [0.3, 0.4) is 0 Å². The highest BCUT2D eigenvalue weighted by atomic mass is 16.3. The number of fused-ring (bicyclic) bond motifs is 5. The topological polar surface area (TPSA) is 37.3 Å². The Kier molecular flexibility index (Phi) is 3.18. The minimum absolute atomic E-state index is 0.202. The molecular weight excluding hydrogens is 272 g/mol. The van der Waals surface area contributed by atoms with E-state index in [4.69, 9.17) is 0 Å². The third-order valence-corrected chi connectivity index (χ3v) is 8.05. The number of ketones is 1. The molecule has 0 aromatic rings. The maximum absolute atomic E-state index is 12.4. The maximum atomic E-state index is 12.4. The fraction of sp³-hybridized carbons (Fsp3) is 0.850. The lowest BCUT2D eigenvalue weighted by molar-refractivity contribution is -0.132. The molecule has 0 aliphatic heterocycles. The van der Waals surface area contributed by atoms with Gasteiger partial charge in [-0.25, -0.2) is 0 Å². The predicted molar refractivity (Wildman–Crippen MR) is 87.3 cm³/mol. The van der Waals surface area contributed by atoms with Crippen LogP contribution in [0.5, 0.6) is 0 Å². The second-order valence-corrected chi connectivity index (χ2v) is 9.18. The number of carbonyl (C=O) groups excluding carboxylic acids is 1. The van der Waals surface area contributed by atoms with E-state index in [1.807, 2.05) is 0 Å². The molecule has 3 saturated carbocycles. The molecule has 7 atom stereocenters. The number of allylic oxidation sites excluding steroid dienone is 2. The van der Waals surface area contributed by atoms with E-state index in [9.17, 15) is 9.90 Å². The standard InChI is InChI=1S/C20H30O2/c1-12-6-8-19(2)13(10-12)4-5-14-15(19)7-9-20(3)17(22)11-16(21)18(14)20/h4,12,14-16,18,21H,5-11H2,1-3H3/t12-,14?,15?,16?,18?,19-,20+/m0/s1. The molecule has 0 aromatic heterocycles. The summed E-state index contributed by atoms with van der Waals surface area (Å²) in [6.45, 7) is 6.99. The predicted octanol–water partition coefficient (Wildman–Crippen LogP) is 4.13. The molecule has 0 radical (unpaired) electrons. The fourth-order valence-electron chi connectivity index (χ4n) is 6.68. The van der Waals surface area contributed by atoms with Crippen molar-refractivity contribution < 1.29 is 9.90 Å². The molecule has 4 aliphatic rings. The van der Waals surface area contributed by atoms with Gasteiger partial charge >= 0.3 is 0 Å². The Morgan fingerprint density at radius 3 is 2.64 bits per heavy atom. The molecule has 0 spiro atoms. The summed E-state index contributed by atoms with van der Waals surface area (Å²) in [5, 5.41) is 10.6. The Hall–Kier alpha value is -0.630. The first-order valence-electron chi connectivity index (χ1n) is 9.27. The van der Waals surface area contributed by atoms with E-state index in [2.05, 4.69) is 26.8 Å². The zero-order valence-electron chi connectivity index (χ0n) is 14.3. The Morgan fingerprint density at radius 2 is 1.86 bits per heavy atom. The lowest BCUT2D eigenvalue weighted by Gasteiger charge is -2.57. The third kappa shape index (κ3) is 1.79. The molecule has 122 valence electrons. The molecule has 2 nitrogen and oxygen atoms in total. The van der Waals surface area contributed by atoms with Crippen LogP contribution in [0.4, 0.5) is 0 Å². The largest absolute Gasteiger partial charge is 0.392 e. The van der Waals surface area contributed by atoms with E-state index < -0.39 is 6.10 Å². The molecular formula is C20H30O2. The van der Waals surface area contributed by atoms with E-state index >= 15 is 0 Å². The second kappa shape index (κ2) is 4.69. The molecule has 4 aliphatic carbocycles. The van der Waals surface area contributed by atoms with Crippen LogP contribution in [0.2, 0.25) is 0 Å². The van der Waals surface area contributed by atoms with Crippen molar-refractivity contribution in [3.05, 3.63) is 11.6 Å². The number of hydrogen-bond acceptors (Lipinski definition) is 2. The molecule has 4 unspecified atom stereocenters. The maximum Gasteiger partial charge on any atom is 0.141 e. The SMILES string of the molecule is C[C@H]1CC[C@@]2(C)C(=CCC3C2CC[C@]2(C)C(=O)CC(O)C32)C1. The van der Waals surface area contributed by atoms with Crippen LogP contribution < -0.4 is 0 Å². The summed E-state index contributed by atoms with van der Waals surface area (Å²) in [6, 6.07) is 0. The van der Waals surface area contributed by atoms with Gasteiger partial charge in [0.25, 0.3) is 0 Å². The van der Waals surface area contributed by atoms with Gasteiger partial charge in [-0.1, -0.05) is 32.4 Å². The third-order valence-electron chi connectivity index (χ3n) is 8.05. The van der Waals surface area contributed by atoms with Gasteiger partial charge in [0.15, 0.2) is 0 Å². The number of hydrogen-bond donors (Lipinski definition) is 1. The lowest BCUT2D eigenvalue weighted by atomic mass is 9.47. The van der Waals surface area contributed by atoms with Gasteiger partial charge in [-0.2, -0.15) is 0 Å². The van der Waals surface area contributed by atoms with Crippen LogP contribution in [0.25, 0.3) is 0 Å². The zero-order chi connectivity index (χ0) is 15.7. The van der Waals surface area contributed by atoms with Crippen molar-refractivity contribution in [2.45, 2.75) is 71.8 Å². The smallest absolute Gasteiger partial charge is 0.141 e. The van der Waals surface area contributed by atoms with Gasteiger partial charge in [0.05, 0.1) is 6.10 Å². The van der Waals surface area contributed by atoms with Gasteiger partial charge < -0.3 is 5.11 Å².